The standard InChI is InChI=1S/C23H23FN4O2S/c1-15(29)17-7-3-5-10-20(17)25-21(30)11-6-14-31-23-27-26-22(28(23)16-12-13-16)18-8-2-4-9-19(18)24/h2-5,7-10,16H,6,11-14H2,1H3,(H,25,30). The predicted octanol–water partition coefficient (Wildman–Crippen LogP) is 5.13. The Hall–Kier alpha value is -3.00. The lowest BCUT2D eigenvalue weighted by Gasteiger charge is -2.10. The molecule has 1 aliphatic carbocycles. The van der Waals surface area contributed by atoms with E-state index < -0.39 is 0 Å². The summed E-state index contributed by atoms with van der Waals surface area (Å²) < 4.78 is 16.3. The second kappa shape index (κ2) is 9.43. The van der Waals surface area contributed by atoms with Gasteiger partial charge in [-0.2, -0.15) is 0 Å². The molecule has 6 nitrogen and oxygen atoms in total. The maximum absolute atomic E-state index is 14.2. The van der Waals surface area contributed by atoms with E-state index in [0.717, 1.165) is 18.0 Å². The van der Waals surface area contributed by atoms with E-state index in [1.54, 1.807) is 42.5 Å². The molecule has 0 bridgehead atoms. The quantitative estimate of drug-likeness (QED) is 0.285. The number of nitrogens with one attached hydrogen (secondary N) is 1. The number of anilines is 1. The highest BCUT2D eigenvalue weighted by atomic mass is 32.2. The number of Topliss-reactive ketones (excluding diaryl/α,β-unsaturated/α-hetero) is 1. The van der Waals surface area contributed by atoms with Crippen LogP contribution >= 0.6 is 11.8 Å². The minimum atomic E-state index is -0.309. The van der Waals surface area contributed by atoms with Crippen LogP contribution in [-0.2, 0) is 4.79 Å². The Morgan fingerprint density at radius 1 is 1.13 bits per heavy atom. The second-order valence-corrected chi connectivity index (χ2v) is 8.55. The molecule has 160 valence electrons. The second-order valence-electron chi connectivity index (χ2n) is 7.49. The van der Waals surface area contributed by atoms with Crippen molar-refractivity contribution in [2.45, 2.75) is 43.8 Å². The third kappa shape index (κ3) is 5.02. The summed E-state index contributed by atoms with van der Waals surface area (Å²) in [5.74, 6) is 0.711. The fourth-order valence-corrected chi connectivity index (χ4v) is 4.32. The smallest absolute Gasteiger partial charge is 0.224 e. The van der Waals surface area contributed by atoms with Gasteiger partial charge in [-0.05, 0) is 50.5 Å². The average Bonchev–Trinajstić information content (AvgIpc) is 3.51. The Bertz CT molecular complexity index is 1110. The van der Waals surface area contributed by atoms with Gasteiger partial charge < -0.3 is 5.32 Å². The normalized spacial score (nSPS) is 13.2. The summed E-state index contributed by atoms with van der Waals surface area (Å²) in [7, 11) is 0. The number of thioether (sulfide) groups is 1. The highest BCUT2D eigenvalue weighted by Crippen LogP contribution is 2.41. The largest absolute Gasteiger partial charge is 0.325 e. The first kappa shape index (κ1) is 21.2. The molecule has 8 heteroatoms. The summed E-state index contributed by atoms with van der Waals surface area (Å²) in [4.78, 5) is 24.0. The molecule has 0 unspecified atom stereocenters. The van der Waals surface area contributed by atoms with Gasteiger partial charge in [0.25, 0.3) is 0 Å². The summed E-state index contributed by atoms with van der Waals surface area (Å²) in [6, 6.07) is 13.9. The lowest BCUT2D eigenvalue weighted by Crippen LogP contribution is -2.14. The van der Waals surface area contributed by atoms with Gasteiger partial charge in [0, 0.05) is 23.8 Å². The monoisotopic (exact) mass is 438 g/mol. The molecule has 3 aromatic rings. The van der Waals surface area contributed by atoms with Gasteiger partial charge in [-0.25, -0.2) is 4.39 Å². The van der Waals surface area contributed by atoms with Crippen LogP contribution in [0.1, 0.15) is 49.0 Å². The highest BCUT2D eigenvalue weighted by molar-refractivity contribution is 7.99. The van der Waals surface area contributed by atoms with Gasteiger partial charge in [0.2, 0.25) is 5.91 Å². The Morgan fingerprint density at radius 2 is 1.87 bits per heavy atom. The summed E-state index contributed by atoms with van der Waals surface area (Å²) in [5, 5.41) is 12.1. The van der Waals surface area contributed by atoms with Crippen molar-refractivity contribution in [1.29, 1.82) is 0 Å². The summed E-state index contributed by atoms with van der Waals surface area (Å²) in [5.41, 5.74) is 1.50. The van der Waals surface area contributed by atoms with E-state index in [4.69, 9.17) is 0 Å². The first-order valence-corrected chi connectivity index (χ1v) is 11.3. The van der Waals surface area contributed by atoms with Crippen LogP contribution in [-0.4, -0.2) is 32.2 Å². The number of carbonyl (C=O) groups excluding carboxylic acids is 2. The van der Waals surface area contributed by atoms with E-state index in [1.807, 2.05) is 4.57 Å². The highest BCUT2D eigenvalue weighted by Gasteiger charge is 2.30. The van der Waals surface area contributed by atoms with Crippen LogP contribution in [0.3, 0.4) is 0 Å². The number of hydrogen-bond acceptors (Lipinski definition) is 5. The van der Waals surface area contributed by atoms with Crippen molar-refractivity contribution in [3.8, 4) is 11.4 Å². The van der Waals surface area contributed by atoms with E-state index >= 15 is 0 Å². The van der Waals surface area contributed by atoms with Gasteiger partial charge in [-0.3, -0.25) is 14.2 Å². The average molecular weight is 439 g/mol. The van der Waals surface area contributed by atoms with Crippen molar-refractivity contribution in [3.63, 3.8) is 0 Å². The van der Waals surface area contributed by atoms with Crippen LogP contribution in [0.5, 0.6) is 0 Å². The van der Waals surface area contributed by atoms with Gasteiger partial charge in [0.15, 0.2) is 16.8 Å². The zero-order valence-corrected chi connectivity index (χ0v) is 18.0. The molecule has 0 saturated heterocycles. The van der Waals surface area contributed by atoms with E-state index in [9.17, 15) is 14.0 Å². The Morgan fingerprint density at radius 3 is 2.61 bits per heavy atom. The molecule has 1 heterocycles. The van der Waals surface area contributed by atoms with Crippen molar-refractivity contribution in [2.75, 3.05) is 11.1 Å². The maximum Gasteiger partial charge on any atom is 0.224 e. The fourth-order valence-electron chi connectivity index (χ4n) is 3.37. The molecule has 31 heavy (non-hydrogen) atoms. The number of ketones is 1. The minimum Gasteiger partial charge on any atom is -0.325 e. The third-order valence-corrected chi connectivity index (χ3v) is 6.08. The number of benzene rings is 2. The molecule has 4 rings (SSSR count). The topological polar surface area (TPSA) is 76.9 Å². The molecule has 0 atom stereocenters. The molecule has 1 N–H and O–H groups in total. The number of hydrogen-bond donors (Lipinski definition) is 1. The first-order chi connectivity index (χ1) is 15.0. The third-order valence-electron chi connectivity index (χ3n) is 5.05. The van der Waals surface area contributed by atoms with E-state index in [1.165, 1.54) is 24.8 Å². The fraction of sp³-hybridized carbons (Fsp3) is 0.304. The van der Waals surface area contributed by atoms with E-state index in [0.29, 0.717) is 47.3 Å². The van der Waals surface area contributed by atoms with Crippen LogP contribution in [0, 0.1) is 5.82 Å². The SMILES string of the molecule is CC(=O)c1ccccc1NC(=O)CCCSc1nnc(-c2ccccc2F)n1C1CC1. The number of nitrogens with zero attached hydrogens (tertiary/aromatic N) is 3. The van der Waals surface area contributed by atoms with E-state index in [-0.39, 0.29) is 17.5 Å². The molecule has 1 aromatic heterocycles. The van der Waals surface area contributed by atoms with Crippen molar-refractivity contribution in [3.05, 3.63) is 59.9 Å². The molecular formula is C23H23FN4O2S. The molecule has 1 fully saturated rings. The Kier molecular flexibility index (Phi) is 6.46. The molecular weight excluding hydrogens is 415 g/mol. The lowest BCUT2D eigenvalue weighted by molar-refractivity contribution is -0.116. The summed E-state index contributed by atoms with van der Waals surface area (Å²) in [6.07, 6.45) is 3.04. The van der Waals surface area contributed by atoms with Gasteiger partial charge in [0.05, 0.1) is 11.3 Å². The molecule has 0 spiro atoms. The van der Waals surface area contributed by atoms with E-state index in [2.05, 4.69) is 15.5 Å². The van der Waals surface area contributed by atoms with Crippen LogP contribution in [0.4, 0.5) is 10.1 Å². The van der Waals surface area contributed by atoms with Crippen molar-refractivity contribution in [2.24, 2.45) is 0 Å². The lowest BCUT2D eigenvalue weighted by atomic mass is 10.1. The molecule has 2 aromatic carbocycles. The van der Waals surface area contributed by atoms with Crippen molar-refractivity contribution in [1.82, 2.24) is 14.8 Å². The maximum atomic E-state index is 14.2. The molecule has 0 aliphatic heterocycles. The molecule has 1 amide bonds. The number of rotatable bonds is 9. The van der Waals surface area contributed by atoms with Crippen LogP contribution in [0.15, 0.2) is 53.7 Å². The zero-order valence-electron chi connectivity index (χ0n) is 17.2. The molecule has 1 aliphatic rings. The molecule has 0 radical (unpaired) electrons. The van der Waals surface area contributed by atoms with Crippen LogP contribution in [0.2, 0.25) is 0 Å². The van der Waals surface area contributed by atoms with Crippen LogP contribution in [0.25, 0.3) is 11.4 Å². The summed E-state index contributed by atoms with van der Waals surface area (Å²) >= 11 is 1.53. The van der Waals surface area contributed by atoms with Crippen molar-refractivity contribution >= 4 is 29.1 Å². The van der Waals surface area contributed by atoms with Gasteiger partial charge in [-0.15, -0.1) is 10.2 Å². The number of halogens is 1. The Labute approximate surface area is 184 Å². The molecule has 1 saturated carbocycles. The summed E-state index contributed by atoms with van der Waals surface area (Å²) in [6.45, 7) is 1.48. The zero-order chi connectivity index (χ0) is 21.8. The number of aromatic nitrogens is 3. The van der Waals surface area contributed by atoms with Gasteiger partial charge in [0.1, 0.15) is 5.82 Å². The predicted molar refractivity (Wildman–Crippen MR) is 119 cm³/mol. The van der Waals surface area contributed by atoms with Gasteiger partial charge in [-0.1, -0.05) is 36.0 Å². The Balaban J connectivity index is 1.35. The number of carbonyl (C=O) groups is 2. The van der Waals surface area contributed by atoms with Crippen molar-refractivity contribution < 1.29 is 14.0 Å². The van der Waals surface area contributed by atoms with Gasteiger partial charge >= 0.3 is 0 Å². The van der Waals surface area contributed by atoms with Crippen LogP contribution < -0.4 is 5.32 Å². The minimum absolute atomic E-state index is 0.0866. The number of para-hydroxylation sites is 1. The number of amides is 1. The first-order valence-electron chi connectivity index (χ1n) is 10.3.